The first-order valence-corrected chi connectivity index (χ1v) is 6.52. The maximum absolute atomic E-state index is 12.5. The van der Waals surface area contributed by atoms with Crippen LogP contribution in [-0.2, 0) is 6.54 Å². The summed E-state index contributed by atoms with van der Waals surface area (Å²) in [6, 6.07) is 9.66. The Morgan fingerprint density at radius 1 is 1.29 bits per heavy atom. The first-order valence-electron chi connectivity index (χ1n) is 6.52. The second-order valence-electron chi connectivity index (χ2n) is 4.81. The zero-order valence-electron chi connectivity index (χ0n) is 11.7. The topological polar surface area (TPSA) is 76.5 Å². The fourth-order valence-electron chi connectivity index (χ4n) is 2.38. The number of nitrogens with zero attached hydrogens (tertiary/aromatic N) is 5. The minimum Gasteiger partial charge on any atom is -0.265 e. The molecule has 1 aromatic carbocycles. The smallest absolute Gasteiger partial charge is 0.265 e. The van der Waals surface area contributed by atoms with E-state index in [9.17, 15) is 4.79 Å². The zero-order chi connectivity index (χ0) is 15.0. The largest absolute Gasteiger partial charge is 0.294 e. The second-order valence-corrected chi connectivity index (χ2v) is 4.81. The van der Waals surface area contributed by atoms with Gasteiger partial charge in [-0.3, -0.25) is 4.79 Å². The third-order valence-electron chi connectivity index (χ3n) is 3.43. The van der Waals surface area contributed by atoms with Gasteiger partial charge in [-0.15, -0.1) is 0 Å². The van der Waals surface area contributed by atoms with Crippen molar-refractivity contribution in [1.82, 2.24) is 19.6 Å². The summed E-state index contributed by atoms with van der Waals surface area (Å²) in [5.74, 6) is 0. The van der Waals surface area contributed by atoms with Crippen LogP contribution in [-0.4, -0.2) is 19.6 Å². The van der Waals surface area contributed by atoms with Gasteiger partial charge in [-0.2, -0.15) is 15.5 Å². The van der Waals surface area contributed by atoms with E-state index < -0.39 is 0 Å². The third-order valence-corrected chi connectivity index (χ3v) is 3.43. The van der Waals surface area contributed by atoms with Crippen LogP contribution in [0.3, 0.4) is 0 Å². The Labute approximate surface area is 120 Å². The number of nitriles is 1. The van der Waals surface area contributed by atoms with Crippen molar-refractivity contribution in [3.8, 4) is 11.8 Å². The minimum atomic E-state index is -0.307. The summed E-state index contributed by atoms with van der Waals surface area (Å²) in [6.45, 7) is 3.69. The van der Waals surface area contributed by atoms with Crippen LogP contribution in [0.15, 0.2) is 35.3 Å². The highest BCUT2D eigenvalue weighted by Gasteiger charge is 2.15. The summed E-state index contributed by atoms with van der Waals surface area (Å²) in [5, 5.41) is 18.0. The lowest BCUT2D eigenvalue weighted by molar-refractivity contribution is 0.653. The summed E-state index contributed by atoms with van der Waals surface area (Å²) in [7, 11) is 0. The van der Waals surface area contributed by atoms with E-state index in [2.05, 4.69) is 10.2 Å². The maximum Gasteiger partial charge on any atom is 0.294 e. The number of aryl methyl sites for hydroxylation is 2. The number of aromatic nitrogens is 4. The van der Waals surface area contributed by atoms with Gasteiger partial charge in [-0.05, 0) is 25.5 Å². The summed E-state index contributed by atoms with van der Waals surface area (Å²) >= 11 is 0. The monoisotopic (exact) mass is 279 g/mol. The van der Waals surface area contributed by atoms with Crippen molar-refractivity contribution in [1.29, 1.82) is 5.26 Å². The lowest BCUT2D eigenvalue weighted by Gasteiger charge is -2.08. The van der Waals surface area contributed by atoms with Gasteiger partial charge in [0.15, 0.2) is 0 Å². The first-order chi connectivity index (χ1) is 10.1. The first kappa shape index (κ1) is 13.1. The molecule has 2 heterocycles. The molecule has 0 aliphatic heterocycles. The fourth-order valence-corrected chi connectivity index (χ4v) is 2.38. The number of hydrogen-bond acceptors (Lipinski definition) is 4. The number of rotatable bonds is 2. The Bertz CT molecular complexity index is 929. The Morgan fingerprint density at radius 3 is 2.76 bits per heavy atom. The molecule has 0 radical (unpaired) electrons. The molecule has 104 valence electrons. The van der Waals surface area contributed by atoms with Crippen molar-refractivity contribution in [2.24, 2.45) is 0 Å². The molecule has 21 heavy (non-hydrogen) atoms. The van der Waals surface area contributed by atoms with Crippen LogP contribution >= 0.6 is 0 Å². The predicted molar refractivity (Wildman–Crippen MR) is 78.2 cm³/mol. The molecule has 0 aliphatic rings. The molecule has 0 spiro atoms. The van der Waals surface area contributed by atoms with Gasteiger partial charge in [0.2, 0.25) is 0 Å². The van der Waals surface area contributed by atoms with E-state index in [0.29, 0.717) is 16.6 Å². The molecule has 3 rings (SSSR count). The molecular weight excluding hydrogens is 266 g/mol. The van der Waals surface area contributed by atoms with Crippen molar-refractivity contribution in [2.45, 2.75) is 20.4 Å². The van der Waals surface area contributed by atoms with Crippen molar-refractivity contribution >= 4 is 10.9 Å². The Balaban J connectivity index is 2.39. The molecule has 3 aromatic rings. The summed E-state index contributed by atoms with van der Waals surface area (Å²) in [6.07, 6.45) is 1.64. The van der Waals surface area contributed by atoms with Gasteiger partial charge in [-0.1, -0.05) is 18.2 Å². The number of hydrogen-bond donors (Lipinski definition) is 0. The molecule has 0 atom stereocenters. The minimum absolute atomic E-state index is 0.0748. The van der Waals surface area contributed by atoms with E-state index in [1.165, 1.54) is 4.68 Å². The Morgan fingerprint density at radius 2 is 2.05 bits per heavy atom. The molecule has 0 aliphatic carbocycles. The summed E-state index contributed by atoms with van der Waals surface area (Å²) in [5.41, 5.74) is 2.69. The molecule has 0 amide bonds. The molecule has 0 unspecified atom stereocenters. The standard InChI is InChI=1S/C15H13N5O/c1-10-5-3-4-6-13(10)20-14-12(9-17-20)11(2)18-19(8-7-16)15(14)21/h3-6,9H,8H2,1-2H3. The molecule has 0 bridgehead atoms. The zero-order valence-corrected chi connectivity index (χ0v) is 11.7. The van der Waals surface area contributed by atoms with Gasteiger partial charge in [-0.25, -0.2) is 9.36 Å². The van der Waals surface area contributed by atoms with Crippen LogP contribution in [0.25, 0.3) is 16.6 Å². The number of benzene rings is 1. The van der Waals surface area contributed by atoms with Crippen LogP contribution in [0.2, 0.25) is 0 Å². The molecule has 6 heteroatoms. The molecule has 0 saturated carbocycles. The maximum atomic E-state index is 12.5. The van der Waals surface area contributed by atoms with Crippen molar-refractivity contribution in [2.75, 3.05) is 0 Å². The van der Waals surface area contributed by atoms with E-state index in [1.807, 2.05) is 37.3 Å². The predicted octanol–water partition coefficient (Wildman–Crippen LogP) is 1.72. The fraction of sp³-hybridized carbons (Fsp3) is 0.200. The van der Waals surface area contributed by atoms with Gasteiger partial charge in [0.05, 0.1) is 23.6 Å². The summed E-state index contributed by atoms with van der Waals surface area (Å²) < 4.78 is 2.80. The van der Waals surface area contributed by atoms with Crippen molar-refractivity contribution in [3.63, 3.8) is 0 Å². The van der Waals surface area contributed by atoms with Crippen LogP contribution in [0.4, 0.5) is 0 Å². The van der Waals surface area contributed by atoms with Gasteiger partial charge >= 0.3 is 0 Å². The van der Waals surface area contributed by atoms with E-state index in [-0.39, 0.29) is 12.1 Å². The highest BCUT2D eigenvalue weighted by molar-refractivity contribution is 5.81. The van der Waals surface area contributed by atoms with Gasteiger partial charge < -0.3 is 0 Å². The van der Waals surface area contributed by atoms with Gasteiger partial charge in [0.25, 0.3) is 5.56 Å². The normalized spacial score (nSPS) is 10.7. The van der Waals surface area contributed by atoms with E-state index in [0.717, 1.165) is 11.3 Å². The number of fused-ring (bicyclic) bond motifs is 1. The lowest BCUT2D eigenvalue weighted by atomic mass is 10.2. The molecule has 0 saturated heterocycles. The van der Waals surface area contributed by atoms with E-state index >= 15 is 0 Å². The van der Waals surface area contributed by atoms with Crippen molar-refractivity contribution < 1.29 is 0 Å². The lowest BCUT2D eigenvalue weighted by Crippen LogP contribution is -2.25. The highest BCUT2D eigenvalue weighted by Crippen LogP contribution is 2.19. The quantitative estimate of drug-likeness (QED) is 0.715. The molecule has 0 fully saturated rings. The molecule has 6 nitrogen and oxygen atoms in total. The molecule has 0 N–H and O–H groups in total. The molecule has 2 aromatic heterocycles. The van der Waals surface area contributed by atoms with Crippen LogP contribution in [0, 0.1) is 25.2 Å². The highest BCUT2D eigenvalue weighted by atomic mass is 16.1. The average molecular weight is 279 g/mol. The molecular formula is C15H13N5O. The Kier molecular flexibility index (Phi) is 3.03. The van der Waals surface area contributed by atoms with Crippen LogP contribution in [0.1, 0.15) is 11.3 Å². The van der Waals surface area contributed by atoms with E-state index in [4.69, 9.17) is 5.26 Å². The third kappa shape index (κ3) is 1.99. The van der Waals surface area contributed by atoms with E-state index in [1.54, 1.807) is 17.8 Å². The average Bonchev–Trinajstić information content (AvgIpc) is 2.90. The van der Waals surface area contributed by atoms with Gasteiger partial charge in [0.1, 0.15) is 12.1 Å². The van der Waals surface area contributed by atoms with Crippen LogP contribution < -0.4 is 5.56 Å². The van der Waals surface area contributed by atoms with Gasteiger partial charge in [0, 0.05) is 5.39 Å². The van der Waals surface area contributed by atoms with Crippen LogP contribution in [0.5, 0.6) is 0 Å². The SMILES string of the molecule is Cc1ccccc1-n1ncc2c(C)nn(CC#N)c(=O)c21. The summed E-state index contributed by atoms with van der Waals surface area (Å²) in [4.78, 5) is 12.5. The van der Waals surface area contributed by atoms with Crippen molar-refractivity contribution in [3.05, 3.63) is 52.1 Å². The number of para-hydroxylation sites is 1. The Hall–Kier alpha value is -2.94. The second kappa shape index (κ2) is 4.87.